The van der Waals surface area contributed by atoms with E-state index in [9.17, 15) is 0 Å². The van der Waals surface area contributed by atoms with Crippen LogP contribution in [0.25, 0.3) is 22.0 Å². The Morgan fingerprint density at radius 1 is 0.941 bits per heavy atom. The van der Waals surface area contributed by atoms with E-state index >= 15 is 0 Å². The summed E-state index contributed by atoms with van der Waals surface area (Å²) in [5.74, 6) is 0. The van der Waals surface area contributed by atoms with Crippen molar-refractivity contribution < 1.29 is 0 Å². The predicted molar refractivity (Wildman–Crippen MR) is 70.0 cm³/mol. The molecule has 0 radical (unpaired) electrons. The van der Waals surface area contributed by atoms with Crippen LogP contribution in [0.5, 0.6) is 0 Å². The van der Waals surface area contributed by atoms with Gasteiger partial charge in [0.1, 0.15) is 6.33 Å². The van der Waals surface area contributed by atoms with E-state index in [4.69, 9.17) is 11.6 Å². The van der Waals surface area contributed by atoms with Gasteiger partial charge >= 0.3 is 0 Å². The summed E-state index contributed by atoms with van der Waals surface area (Å²) in [6.45, 7) is 0. The summed E-state index contributed by atoms with van der Waals surface area (Å²) in [7, 11) is 0. The number of halogens is 1. The highest BCUT2D eigenvalue weighted by molar-refractivity contribution is 6.30. The minimum absolute atomic E-state index is 0.741. The van der Waals surface area contributed by atoms with Crippen molar-refractivity contribution in [3.8, 4) is 11.1 Å². The zero-order chi connectivity index (χ0) is 11.7. The highest BCUT2D eigenvalue weighted by Gasteiger charge is 2.00. The third kappa shape index (κ3) is 1.99. The van der Waals surface area contributed by atoms with Crippen LogP contribution in [-0.2, 0) is 0 Å². The largest absolute Gasteiger partial charge is 0.244 e. The second-order valence-electron chi connectivity index (χ2n) is 3.81. The molecule has 3 aromatic rings. The van der Waals surface area contributed by atoms with Gasteiger partial charge in [0.15, 0.2) is 0 Å². The highest BCUT2D eigenvalue weighted by atomic mass is 35.5. The summed E-state index contributed by atoms with van der Waals surface area (Å²) in [6.07, 6.45) is 3.37. The van der Waals surface area contributed by atoms with Gasteiger partial charge in [0.05, 0.1) is 5.52 Å². The maximum atomic E-state index is 5.99. The molecule has 1 heterocycles. The third-order valence-electron chi connectivity index (χ3n) is 2.67. The van der Waals surface area contributed by atoms with Crippen LogP contribution in [0.15, 0.2) is 55.0 Å². The Bertz CT molecular complexity index is 680. The van der Waals surface area contributed by atoms with Crippen LogP contribution in [0.1, 0.15) is 0 Å². The fraction of sp³-hybridized carbons (Fsp3) is 0. The molecule has 0 amide bonds. The van der Waals surface area contributed by atoms with E-state index in [2.05, 4.69) is 16.0 Å². The van der Waals surface area contributed by atoms with Crippen LogP contribution in [-0.4, -0.2) is 9.97 Å². The first-order valence-corrected chi connectivity index (χ1v) is 5.66. The van der Waals surface area contributed by atoms with Gasteiger partial charge in [-0.05, 0) is 29.3 Å². The van der Waals surface area contributed by atoms with Crippen LogP contribution in [0.2, 0.25) is 5.02 Å². The number of benzene rings is 2. The molecule has 3 rings (SSSR count). The molecule has 0 unspecified atom stereocenters. The summed E-state index contributed by atoms with van der Waals surface area (Å²) < 4.78 is 0. The summed E-state index contributed by atoms with van der Waals surface area (Å²) in [5.41, 5.74) is 3.15. The first-order valence-electron chi connectivity index (χ1n) is 5.29. The van der Waals surface area contributed by atoms with Gasteiger partial charge in [0.2, 0.25) is 0 Å². The highest BCUT2D eigenvalue weighted by Crippen LogP contribution is 2.25. The standard InChI is InChI=1S/C14H9ClN2/c15-13-3-1-2-10(6-13)11-4-5-12-8-16-9-17-14(12)7-11/h1-9H. The topological polar surface area (TPSA) is 25.8 Å². The number of rotatable bonds is 1. The molecule has 2 nitrogen and oxygen atoms in total. The molecule has 17 heavy (non-hydrogen) atoms. The molecule has 0 atom stereocenters. The second kappa shape index (κ2) is 4.15. The molecule has 1 aromatic heterocycles. The lowest BCUT2D eigenvalue weighted by Crippen LogP contribution is -1.83. The Labute approximate surface area is 104 Å². The molecule has 0 N–H and O–H groups in total. The van der Waals surface area contributed by atoms with E-state index in [1.807, 2.05) is 42.6 Å². The lowest BCUT2D eigenvalue weighted by molar-refractivity contribution is 1.22. The van der Waals surface area contributed by atoms with Crippen molar-refractivity contribution in [2.75, 3.05) is 0 Å². The van der Waals surface area contributed by atoms with Gasteiger partial charge in [-0.25, -0.2) is 9.97 Å². The average Bonchev–Trinajstić information content (AvgIpc) is 2.38. The minimum atomic E-state index is 0.741. The van der Waals surface area contributed by atoms with Gasteiger partial charge in [-0.15, -0.1) is 0 Å². The smallest absolute Gasteiger partial charge is 0.116 e. The Balaban J connectivity index is 2.18. The minimum Gasteiger partial charge on any atom is -0.244 e. The Kier molecular flexibility index (Phi) is 2.50. The van der Waals surface area contributed by atoms with Gasteiger partial charge < -0.3 is 0 Å². The van der Waals surface area contributed by atoms with Crippen LogP contribution in [0, 0.1) is 0 Å². The molecule has 0 aliphatic rings. The van der Waals surface area contributed by atoms with Gasteiger partial charge in [0, 0.05) is 16.6 Å². The molecular weight excluding hydrogens is 232 g/mol. The van der Waals surface area contributed by atoms with Crippen LogP contribution >= 0.6 is 11.6 Å². The van der Waals surface area contributed by atoms with E-state index < -0.39 is 0 Å². The molecule has 82 valence electrons. The van der Waals surface area contributed by atoms with Crippen molar-refractivity contribution >= 4 is 22.5 Å². The fourth-order valence-corrected chi connectivity index (χ4v) is 2.01. The molecule has 2 aromatic carbocycles. The van der Waals surface area contributed by atoms with Crippen LogP contribution in [0.3, 0.4) is 0 Å². The zero-order valence-electron chi connectivity index (χ0n) is 8.97. The molecule has 0 bridgehead atoms. The van der Waals surface area contributed by atoms with Crippen molar-refractivity contribution in [3.63, 3.8) is 0 Å². The maximum Gasteiger partial charge on any atom is 0.116 e. The number of hydrogen-bond acceptors (Lipinski definition) is 2. The summed E-state index contributed by atoms with van der Waals surface area (Å²) >= 11 is 5.99. The Morgan fingerprint density at radius 3 is 2.71 bits per heavy atom. The SMILES string of the molecule is Clc1cccc(-c2ccc3cncnc3c2)c1. The molecule has 0 fully saturated rings. The zero-order valence-corrected chi connectivity index (χ0v) is 9.72. The first-order chi connectivity index (χ1) is 8.33. The van der Waals surface area contributed by atoms with Crippen LogP contribution in [0.4, 0.5) is 0 Å². The monoisotopic (exact) mass is 240 g/mol. The molecule has 0 saturated heterocycles. The molecule has 3 heteroatoms. The first kappa shape index (κ1) is 10.2. The number of aromatic nitrogens is 2. The van der Waals surface area contributed by atoms with E-state index in [1.54, 1.807) is 6.33 Å². The molecule has 0 aliphatic heterocycles. The van der Waals surface area contributed by atoms with Gasteiger partial charge in [-0.2, -0.15) is 0 Å². The van der Waals surface area contributed by atoms with Gasteiger partial charge in [-0.3, -0.25) is 0 Å². The quantitative estimate of drug-likeness (QED) is 0.644. The van der Waals surface area contributed by atoms with E-state index in [1.165, 1.54) is 0 Å². The summed E-state index contributed by atoms with van der Waals surface area (Å²) in [5, 5.41) is 1.78. The molecule has 0 spiro atoms. The average molecular weight is 241 g/mol. The predicted octanol–water partition coefficient (Wildman–Crippen LogP) is 3.95. The fourth-order valence-electron chi connectivity index (χ4n) is 1.82. The lowest BCUT2D eigenvalue weighted by Gasteiger charge is -2.03. The second-order valence-corrected chi connectivity index (χ2v) is 4.24. The Morgan fingerprint density at radius 2 is 1.82 bits per heavy atom. The van der Waals surface area contributed by atoms with E-state index in [0.29, 0.717) is 0 Å². The number of nitrogens with zero attached hydrogens (tertiary/aromatic N) is 2. The van der Waals surface area contributed by atoms with Gasteiger partial charge in [0.25, 0.3) is 0 Å². The molecule has 0 saturated carbocycles. The summed E-state index contributed by atoms with van der Waals surface area (Å²) in [4.78, 5) is 8.24. The van der Waals surface area contributed by atoms with Crippen molar-refractivity contribution in [2.24, 2.45) is 0 Å². The van der Waals surface area contributed by atoms with Crippen molar-refractivity contribution in [3.05, 3.63) is 60.0 Å². The normalized spacial score (nSPS) is 10.6. The van der Waals surface area contributed by atoms with Crippen molar-refractivity contribution in [1.29, 1.82) is 0 Å². The number of hydrogen-bond donors (Lipinski definition) is 0. The third-order valence-corrected chi connectivity index (χ3v) is 2.90. The summed E-state index contributed by atoms with van der Waals surface area (Å²) in [6, 6.07) is 13.9. The lowest BCUT2D eigenvalue weighted by atomic mass is 10.0. The maximum absolute atomic E-state index is 5.99. The van der Waals surface area contributed by atoms with Crippen molar-refractivity contribution in [1.82, 2.24) is 9.97 Å². The van der Waals surface area contributed by atoms with Crippen molar-refractivity contribution in [2.45, 2.75) is 0 Å². The van der Waals surface area contributed by atoms with Gasteiger partial charge in [-0.1, -0.05) is 35.9 Å². The van der Waals surface area contributed by atoms with Crippen LogP contribution < -0.4 is 0 Å². The molecule has 0 aliphatic carbocycles. The van der Waals surface area contributed by atoms with E-state index in [-0.39, 0.29) is 0 Å². The Hall–Kier alpha value is -1.93. The van der Waals surface area contributed by atoms with E-state index in [0.717, 1.165) is 27.1 Å². The number of fused-ring (bicyclic) bond motifs is 1. The molecular formula is C14H9ClN2.